The van der Waals surface area contributed by atoms with Gasteiger partial charge in [-0.2, -0.15) is 0 Å². The molecule has 0 bridgehead atoms. The first-order chi connectivity index (χ1) is 16.9. The lowest BCUT2D eigenvalue weighted by Crippen LogP contribution is -2.47. The van der Waals surface area contributed by atoms with Crippen LogP contribution in [0.15, 0.2) is 54.6 Å². The summed E-state index contributed by atoms with van der Waals surface area (Å²) in [7, 11) is 0. The van der Waals surface area contributed by atoms with Crippen molar-refractivity contribution in [3.05, 3.63) is 65.7 Å². The normalized spacial score (nSPS) is 17.4. The Morgan fingerprint density at radius 1 is 1.00 bits per heavy atom. The molecule has 3 amide bonds. The number of amides is 3. The van der Waals surface area contributed by atoms with E-state index in [9.17, 15) is 14.4 Å². The summed E-state index contributed by atoms with van der Waals surface area (Å²) in [5, 5.41) is 6.00. The van der Waals surface area contributed by atoms with Crippen LogP contribution >= 0.6 is 12.4 Å². The summed E-state index contributed by atoms with van der Waals surface area (Å²) in [6.45, 7) is 3.15. The number of anilines is 1. The van der Waals surface area contributed by atoms with E-state index in [4.69, 9.17) is 15.2 Å². The Balaban J connectivity index is 0.00000361. The highest BCUT2D eigenvalue weighted by Crippen LogP contribution is 2.37. The average molecular weight is 517 g/mol. The van der Waals surface area contributed by atoms with Gasteiger partial charge in [0, 0.05) is 37.2 Å². The maximum Gasteiger partial charge on any atom is 0.411 e. The van der Waals surface area contributed by atoms with Gasteiger partial charge in [-0.1, -0.05) is 30.3 Å². The van der Waals surface area contributed by atoms with E-state index in [1.807, 2.05) is 30.3 Å². The number of nitrogens with one attached hydrogen (secondary N) is 2. The van der Waals surface area contributed by atoms with Crippen molar-refractivity contribution in [2.24, 2.45) is 11.7 Å². The van der Waals surface area contributed by atoms with Crippen LogP contribution in [0.5, 0.6) is 0 Å². The standard InChI is InChI=1S/C26H32N4O5.ClH/c27-24(32)35-26(21-4-2-1-3-5-21)12-16-30(17-13-26)23(31)20-6-8-22(9-7-20)29-25(33)34-18-19-10-14-28-15-11-19;/h1-9,19,28H,10-18H2,(H2,27,32)(H,29,33);1H. The lowest BCUT2D eigenvalue weighted by atomic mass is 9.84. The number of carbonyl (C=O) groups excluding carboxylic acids is 3. The van der Waals surface area contributed by atoms with Crippen molar-refractivity contribution >= 4 is 36.2 Å². The molecule has 2 aromatic carbocycles. The number of nitrogens with two attached hydrogens (primary N) is 1. The highest BCUT2D eigenvalue weighted by Gasteiger charge is 2.40. The van der Waals surface area contributed by atoms with Crippen molar-refractivity contribution in [3.63, 3.8) is 0 Å². The molecule has 4 N–H and O–H groups in total. The van der Waals surface area contributed by atoms with Crippen molar-refractivity contribution in [1.82, 2.24) is 10.2 Å². The van der Waals surface area contributed by atoms with Gasteiger partial charge in [0.25, 0.3) is 5.91 Å². The molecule has 0 aromatic heterocycles. The second-order valence-electron chi connectivity index (χ2n) is 9.07. The predicted molar refractivity (Wildman–Crippen MR) is 138 cm³/mol. The van der Waals surface area contributed by atoms with Crippen LogP contribution in [-0.2, 0) is 15.1 Å². The van der Waals surface area contributed by atoms with Crippen molar-refractivity contribution in [2.75, 3.05) is 38.1 Å². The highest BCUT2D eigenvalue weighted by atomic mass is 35.5. The number of carbonyl (C=O) groups is 3. The molecule has 0 unspecified atom stereocenters. The Hall–Kier alpha value is -3.30. The van der Waals surface area contributed by atoms with Gasteiger partial charge in [-0.3, -0.25) is 10.1 Å². The number of benzene rings is 2. The van der Waals surface area contributed by atoms with Crippen molar-refractivity contribution in [3.8, 4) is 0 Å². The molecule has 2 heterocycles. The number of rotatable bonds is 6. The third kappa shape index (κ3) is 6.89. The molecule has 4 rings (SSSR count). The Morgan fingerprint density at radius 2 is 1.64 bits per heavy atom. The minimum atomic E-state index is -0.841. The molecule has 194 valence electrons. The topological polar surface area (TPSA) is 123 Å². The summed E-state index contributed by atoms with van der Waals surface area (Å²) < 4.78 is 10.9. The van der Waals surface area contributed by atoms with E-state index in [-0.39, 0.29) is 18.3 Å². The van der Waals surface area contributed by atoms with Gasteiger partial charge < -0.3 is 25.4 Å². The van der Waals surface area contributed by atoms with E-state index < -0.39 is 17.8 Å². The van der Waals surface area contributed by atoms with Crippen LogP contribution in [0.2, 0.25) is 0 Å². The molecule has 0 spiro atoms. The lowest BCUT2D eigenvalue weighted by Gasteiger charge is -2.41. The Bertz CT molecular complexity index is 1020. The summed E-state index contributed by atoms with van der Waals surface area (Å²) in [6.07, 6.45) is 1.59. The van der Waals surface area contributed by atoms with Crippen molar-refractivity contribution in [2.45, 2.75) is 31.3 Å². The van der Waals surface area contributed by atoms with E-state index in [2.05, 4.69) is 10.6 Å². The minimum Gasteiger partial charge on any atom is -0.449 e. The SMILES string of the molecule is Cl.NC(=O)OC1(c2ccccc2)CCN(C(=O)c2ccc(NC(=O)OCC3CCNCC3)cc2)CC1. The van der Waals surface area contributed by atoms with Gasteiger partial charge in [0.15, 0.2) is 0 Å². The molecule has 10 heteroatoms. The summed E-state index contributed by atoms with van der Waals surface area (Å²) >= 11 is 0. The van der Waals surface area contributed by atoms with E-state index in [1.54, 1.807) is 29.2 Å². The first-order valence-electron chi connectivity index (χ1n) is 12.0. The van der Waals surface area contributed by atoms with Crippen LogP contribution in [0.1, 0.15) is 41.6 Å². The fraction of sp³-hybridized carbons (Fsp3) is 0.423. The van der Waals surface area contributed by atoms with Gasteiger partial charge in [0.05, 0.1) is 6.61 Å². The largest absolute Gasteiger partial charge is 0.449 e. The summed E-state index contributed by atoms with van der Waals surface area (Å²) in [5.74, 6) is 0.270. The van der Waals surface area contributed by atoms with E-state index in [0.717, 1.165) is 31.5 Å². The van der Waals surface area contributed by atoms with Crippen LogP contribution in [0.3, 0.4) is 0 Å². The molecule has 2 fully saturated rings. The molecule has 36 heavy (non-hydrogen) atoms. The zero-order chi connectivity index (χ0) is 24.7. The summed E-state index contributed by atoms with van der Waals surface area (Å²) in [5.41, 5.74) is 6.46. The third-order valence-electron chi connectivity index (χ3n) is 6.74. The fourth-order valence-electron chi connectivity index (χ4n) is 4.73. The molecular weight excluding hydrogens is 484 g/mol. The number of halogens is 1. The van der Waals surface area contributed by atoms with Crippen LogP contribution in [0, 0.1) is 5.92 Å². The smallest absolute Gasteiger partial charge is 0.411 e. The van der Waals surface area contributed by atoms with Gasteiger partial charge in [-0.05, 0) is 61.7 Å². The monoisotopic (exact) mass is 516 g/mol. The predicted octanol–water partition coefficient (Wildman–Crippen LogP) is 3.88. The Labute approximate surface area is 217 Å². The third-order valence-corrected chi connectivity index (χ3v) is 6.74. The zero-order valence-electron chi connectivity index (χ0n) is 20.1. The van der Waals surface area contributed by atoms with Gasteiger partial charge >= 0.3 is 12.2 Å². The van der Waals surface area contributed by atoms with Crippen LogP contribution < -0.4 is 16.4 Å². The van der Waals surface area contributed by atoms with Crippen LogP contribution in [0.25, 0.3) is 0 Å². The number of hydrogen-bond acceptors (Lipinski definition) is 6. The maximum absolute atomic E-state index is 13.1. The van der Waals surface area contributed by atoms with Crippen molar-refractivity contribution in [1.29, 1.82) is 0 Å². The number of piperidine rings is 2. The second-order valence-corrected chi connectivity index (χ2v) is 9.07. The van der Waals surface area contributed by atoms with Gasteiger partial charge in [0.2, 0.25) is 0 Å². The molecule has 2 aliphatic rings. The quantitative estimate of drug-likeness (QED) is 0.535. The Morgan fingerprint density at radius 3 is 2.25 bits per heavy atom. The van der Waals surface area contributed by atoms with E-state index >= 15 is 0 Å². The number of hydrogen-bond donors (Lipinski definition) is 3. The average Bonchev–Trinajstić information content (AvgIpc) is 2.89. The zero-order valence-corrected chi connectivity index (χ0v) is 20.9. The van der Waals surface area contributed by atoms with Gasteiger partial charge in [0.1, 0.15) is 5.60 Å². The number of primary amides is 1. The molecule has 0 aliphatic carbocycles. The van der Waals surface area contributed by atoms with Crippen molar-refractivity contribution < 1.29 is 23.9 Å². The lowest BCUT2D eigenvalue weighted by molar-refractivity contribution is -0.0319. The first kappa shape index (κ1) is 27.3. The van der Waals surface area contributed by atoms with E-state index in [0.29, 0.717) is 49.7 Å². The maximum atomic E-state index is 13.1. The summed E-state index contributed by atoms with van der Waals surface area (Å²) in [4.78, 5) is 38.5. The minimum absolute atomic E-state index is 0. The number of likely N-dealkylation sites (tertiary alicyclic amines) is 1. The van der Waals surface area contributed by atoms with Gasteiger partial charge in [-0.25, -0.2) is 9.59 Å². The molecule has 2 aliphatic heterocycles. The molecule has 2 saturated heterocycles. The Kier molecular flexibility index (Phi) is 9.55. The fourth-order valence-corrected chi connectivity index (χ4v) is 4.73. The molecule has 0 saturated carbocycles. The molecule has 2 aromatic rings. The van der Waals surface area contributed by atoms with Crippen LogP contribution in [0.4, 0.5) is 15.3 Å². The van der Waals surface area contributed by atoms with E-state index in [1.165, 1.54) is 0 Å². The van der Waals surface area contributed by atoms with Crippen LogP contribution in [-0.4, -0.2) is 55.8 Å². The first-order valence-corrected chi connectivity index (χ1v) is 12.0. The highest BCUT2D eigenvalue weighted by molar-refractivity contribution is 5.95. The molecular formula is C26H33ClN4O5. The molecule has 0 atom stereocenters. The number of ether oxygens (including phenoxy) is 2. The summed E-state index contributed by atoms with van der Waals surface area (Å²) in [6, 6.07) is 16.2. The van der Waals surface area contributed by atoms with Gasteiger partial charge in [-0.15, -0.1) is 12.4 Å². The molecule has 0 radical (unpaired) electrons. The molecule has 9 nitrogen and oxygen atoms in total. The second kappa shape index (κ2) is 12.6. The number of nitrogens with zero attached hydrogens (tertiary/aromatic N) is 1.